The van der Waals surface area contributed by atoms with Crippen LogP contribution in [-0.4, -0.2) is 11.5 Å². The predicted octanol–water partition coefficient (Wildman–Crippen LogP) is 4.46. The highest BCUT2D eigenvalue weighted by atomic mass is 19.4. The van der Waals surface area contributed by atoms with Crippen molar-refractivity contribution in [2.45, 2.75) is 19.3 Å². The highest BCUT2D eigenvalue weighted by molar-refractivity contribution is 5.48. The molecule has 0 bridgehead atoms. The Kier molecular flexibility index (Phi) is 4.26. The predicted molar refractivity (Wildman–Crippen MR) is 73.3 cm³/mol. The first-order valence-electron chi connectivity index (χ1n) is 6.25. The van der Waals surface area contributed by atoms with Crippen LogP contribution >= 0.6 is 0 Å². The van der Waals surface area contributed by atoms with E-state index >= 15 is 0 Å². The molecule has 2 N–H and O–H groups in total. The number of rotatable bonds is 4. The van der Waals surface area contributed by atoms with E-state index in [1.807, 2.05) is 13.0 Å². The van der Waals surface area contributed by atoms with Gasteiger partial charge in [0.1, 0.15) is 11.5 Å². The minimum atomic E-state index is -4.69. The van der Waals surface area contributed by atoms with E-state index < -0.39 is 6.36 Å². The number of phenols is 1. The summed E-state index contributed by atoms with van der Waals surface area (Å²) in [6.07, 6.45) is -4.69. The number of anilines is 1. The lowest BCUT2D eigenvalue weighted by Crippen LogP contribution is -2.17. The normalized spacial score (nSPS) is 12.8. The third kappa shape index (κ3) is 4.59. The summed E-state index contributed by atoms with van der Waals surface area (Å²) in [6, 6.07) is 12.1. The summed E-state index contributed by atoms with van der Waals surface area (Å²) in [7, 11) is 0. The van der Waals surface area contributed by atoms with Gasteiger partial charge in [0, 0.05) is 11.7 Å². The van der Waals surface area contributed by atoms with Crippen LogP contribution in [0, 0.1) is 0 Å². The van der Waals surface area contributed by atoms with Crippen LogP contribution < -0.4 is 10.1 Å². The monoisotopic (exact) mass is 297 g/mol. The molecule has 1 unspecified atom stereocenters. The van der Waals surface area contributed by atoms with Crippen molar-refractivity contribution in [3.63, 3.8) is 0 Å². The summed E-state index contributed by atoms with van der Waals surface area (Å²) in [5.41, 5.74) is 1.52. The largest absolute Gasteiger partial charge is 0.573 e. The minimum Gasteiger partial charge on any atom is -0.508 e. The molecule has 6 heteroatoms. The number of phenolic OH excluding ortho intramolecular Hbond substituents is 1. The third-order valence-electron chi connectivity index (χ3n) is 2.84. The molecule has 0 aromatic heterocycles. The fourth-order valence-corrected chi connectivity index (χ4v) is 1.88. The second kappa shape index (κ2) is 5.95. The van der Waals surface area contributed by atoms with Crippen LogP contribution in [0.4, 0.5) is 18.9 Å². The Bertz CT molecular complexity index is 597. The summed E-state index contributed by atoms with van der Waals surface area (Å²) >= 11 is 0. The van der Waals surface area contributed by atoms with E-state index in [1.165, 1.54) is 24.3 Å². The molecule has 0 saturated carbocycles. The number of hydrogen-bond acceptors (Lipinski definition) is 3. The first-order valence-corrected chi connectivity index (χ1v) is 6.25. The first kappa shape index (κ1) is 15.0. The van der Waals surface area contributed by atoms with Crippen LogP contribution in [0.2, 0.25) is 0 Å². The van der Waals surface area contributed by atoms with Crippen molar-refractivity contribution in [2.24, 2.45) is 0 Å². The van der Waals surface area contributed by atoms with Gasteiger partial charge in [0.15, 0.2) is 0 Å². The lowest BCUT2D eigenvalue weighted by Gasteiger charge is -2.16. The van der Waals surface area contributed by atoms with Crippen molar-refractivity contribution >= 4 is 5.69 Å². The Morgan fingerprint density at radius 2 is 1.76 bits per heavy atom. The zero-order valence-corrected chi connectivity index (χ0v) is 11.2. The van der Waals surface area contributed by atoms with E-state index in [-0.39, 0.29) is 17.5 Å². The quantitative estimate of drug-likeness (QED) is 0.875. The van der Waals surface area contributed by atoms with Gasteiger partial charge in [-0.1, -0.05) is 12.1 Å². The Morgan fingerprint density at radius 3 is 2.33 bits per heavy atom. The van der Waals surface area contributed by atoms with Crippen molar-refractivity contribution in [1.29, 1.82) is 0 Å². The number of nitrogens with one attached hydrogen (secondary N) is 1. The second-order valence-electron chi connectivity index (χ2n) is 4.53. The number of ether oxygens (including phenoxy) is 1. The second-order valence-corrected chi connectivity index (χ2v) is 4.53. The molecule has 2 rings (SSSR count). The van der Waals surface area contributed by atoms with Crippen molar-refractivity contribution in [2.75, 3.05) is 5.32 Å². The van der Waals surface area contributed by atoms with Gasteiger partial charge in [-0.3, -0.25) is 0 Å². The molecule has 1 atom stereocenters. The van der Waals surface area contributed by atoms with Crippen LogP contribution in [0.25, 0.3) is 0 Å². The Hall–Kier alpha value is -2.37. The Morgan fingerprint density at radius 1 is 1.10 bits per heavy atom. The molecule has 0 amide bonds. The Labute approximate surface area is 120 Å². The summed E-state index contributed by atoms with van der Waals surface area (Å²) in [6.45, 7) is 1.88. The molecule has 2 aromatic rings. The summed E-state index contributed by atoms with van der Waals surface area (Å²) < 4.78 is 40.0. The van der Waals surface area contributed by atoms with Gasteiger partial charge in [-0.25, -0.2) is 0 Å². The molecule has 0 saturated heterocycles. The lowest BCUT2D eigenvalue weighted by atomic mass is 10.1. The van der Waals surface area contributed by atoms with Crippen LogP contribution in [0.3, 0.4) is 0 Å². The van der Waals surface area contributed by atoms with Crippen molar-refractivity contribution in [3.05, 3.63) is 54.1 Å². The van der Waals surface area contributed by atoms with E-state index in [0.29, 0.717) is 5.69 Å². The highest BCUT2D eigenvalue weighted by Crippen LogP contribution is 2.26. The van der Waals surface area contributed by atoms with Gasteiger partial charge in [-0.05, 0) is 48.9 Å². The molecule has 3 nitrogen and oxygen atoms in total. The van der Waals surface area contributed by atoms with E-state index in [2.05, 4.69) is 10.1 Å². The van der Waals surface area contributed by atoms with Crippen molar-refractivity contribution in [1.82, 2.24) is 0 Å². The molecule has 0 heterocycles. The molecule has 0 spiro atoms. The standard InChI is InChI=1S/C15H14F3NO2/c1-10(11-3-2-4-13(20)9-11)19-12-5-7-14(8-6-12)21-15(16,17)18/h2-10,19-20H,1H3. The van der Waals surface area contributed by atoms with E-state index in [1.54, 1.807) is 18.2 Å². The summed E-state index contributed by atoms with van der Waals surface area (Å²) in [5, 5.41) is 12.5. The fourth-order valence-electron chi connectivity index (χ4n) is 1.88. The first-order chi connectivity index (χ1) is 9.83. The molecule has 0 aliphatic carbocycles. The summed E-state index contributed by atoms with van der Waals surface area (Å²) in [5.74, 6) is -0.104. The van der Waals surface area contributed by atoms with E-state index in [9.17, 15) is 18.3 Å². The maximum Gasteiger partial charge on any atom is 0.573 e. The number of hydrogen-bond donors (Lipinski definition) is 2. The van der Waals surface area contributed by atoms with Gasteiger partial charge in [0.05, 0.1) is 0 Å². The molecule has 0 aliphatic heterocycles. The molecule has 21 heavy (non-hydrogen) atoms. The SMILES string of the molecule is CC(Nc1ccc(OC(F)(F)F)cc1)c1cccc(O)c1. The van der Waals surface area contributed by atoms with Crippen molar-refractivity contribution < 1.29 is 23.0 Å². The average molecular weight is 297 g/mol. The third-order valence-corrected chi connectivity index (χ3v) is 2.84. The number of aromatic hydroxyl groups is 1. The maximum absolute atomic E-state index is 12.0. The number of benzene rings is 2. The van der Waals surface area contributed by atoms with Gasteiger partial charge in [-0.2, -0.15) is 0 Å². The minimum absolute atomic E-state index is 0.105. The van der Waals surface area contributed by atoms with Crippen molar-refractivity contribution in [3.8, 4) is 11.5 Å². The van der Waals surface area contributed by atoms with Gasteiger partial charge in [0.2, 0.25) is 0 Å². The van der Waals surface area contributed by atoms with Gasteiger partial charge in [0.25, 0.3) is 0 Å². The fraction of sp³-hybridized carbons (Fsp3) is 0.200. The number of halogens is 3. The molecule has 0 aliphatic rings. The molecule has 0 radical (unpaired) electrons. The molecule has 112 valence electrons. The van der Waals surface area contributed by atoms with Crippen LogP contribution in [-0.2, 0) is 0 Å². The zero-order valence-electron chi connectivity index (χ0n) is 11.2. The van der Waals surface area contributed by atoms with Gasteiger partial charge >= 0.3 is 6.36 Å². The van der Waals surface area contributed by atoms with Gasteiger partial charge in [-0.15, -0.1) is 13.2 Å². The smallest absolute Gasteiger partial charge is 0.508 e. The topological polar surface area (TPSA) is 41.5 Å². The molecule has 2 aromatic carbocycles. The molecular weight excluding hydrogens is 283 g/mol. The molecule has 0 fully saturated rings. The zero-order chi connectivity index (χ0) is 15.5. The van der Waals surface area contributed by atoms with Crippen LogP contribution in [0.1, 0.15) is 18.5 Å². The maximum atomic E-state index is 12.0. The van der Waals surface area contributed by atoms with Gasteiger partial charge < -0.3 is 15.2 Å². The van der Waals surface area contributed by atoms with E-state index in [0.717, 1.165) is 5.56 Å². The summed E-state index contributed by atoms with van der Waals surface area (Å²) in [4.78, 5) is 0. The van der Waals surface area contributed by atoms with E-state index in [4.69, 9.17) is 0 Å². The number of alkyl halides is 3. The lowest BCUT2D eigenvalue weighted by molar-refractivity contribution is -0.274. The highest BCUT2D eigenvalue weighted by Gasteiger charge is 2.30. The Balaban J connectivity index is 2.03. The van der Waals surface area contributed by atoms with Crippen LogP contribution in [0.15, 0.2) is 48.5 Å². The molecular formula is C15H14F3NO2. The average Bonchev–Trinajstić information content (AvgIpc) is 2.39. The van der Waals surface area contributed by atoms with Crippen LogP contribution in [0.5, 0.6) is 11.5 Å².